The minimum absolute atomic E-state index is 0.200. The Labute approximate surface area is 245 Å². The number of methoxy groups -OCH3 is 4. The zero-order valence-corrected chi connectivity index (χ0v) is 24.8. The number of carbonyl (C=O) groups is 1. The van der Waals surface area contributed by atoms with Crippen LogP contribution >= 0.6 is 11.6 Å². The number of aromatic nitrogens is 2. The smallest absolute Gasteiger partial charge is 0.251 e. The molecule has 0 saturated carbocycles. The molecule has 11 nitrogen and oxygen atoms in total. The summed E-state index contributed by atoms with van der Waals surface area (Å²) in [6.07, 6.45) is 3.28. The molecule has 1 aliphatic heterocycles. The highest BCUT2D eigenvalue weighted by Gasteiger charge is 2.23. The summed E-state index contributed by atoms with van der Waals surface area (Å²) in [5.74, 6) is 1.67. The first-order valence-electron chi connectivity index (χ1n) is 13.3. The van der Waals surface area contributed by atoms with E-state index in [2.05, 4.69) is 43.0 Å². The van der Waals surface area contributed by atoms with Gasteiger partial charge in [0.1, 0.15) is 16.5 Å². The van der Waals surface area contributed by atoms with Gasteiger partial charge in [0.2, 0.25) is 5.95 Å². The van der Waals surface area contributed by atoms with Crippen molar-refractivity contribution < 1.29 is 23.7 Å². The third kappa shape index (κ3) is 7.36. The Hall–Kier alpha value is -3.64. The Bertz CT molecular complexity index is 1350. The van der Waals surface area contributed by atoms with Crippen molar-refractivity contribution >= 4 is 40.6 Å². The second-order valence-corrected chi connectivity index (χ2v) is 9.96. The minimum atomic E-state index is -0.214. The second kappa shape index (κ2) is 14.3. The van der Waals surface area contributed by atoms with E-state index in [4.69, 9.17) is 30.5 Å². The fourth-order valence-electron chi connectivity index (χ4n) is 4.89. The number of nitrogens with zero attached hydrogens (tertiary/aromatic N) is 3. The van der Waals surface area contributed by atoms with E-state index in [0.717, 1.165) is 31.6 Å². The maximum absolute atomic E-state index is 12.0. The highest BCUT2D eigenvalue weighted by Crippen LogP contribution is 2.34. The molecule has 0 radical (unpaired) electrons. The van der Waals surface area contributed by atoms with Crippen molar-refractivity contribution in [2.24, 2.45) is 0 Å². The van der Waals surface area contributed by atoms with E-state index in [1.807, 2.05) is 0 Å². The Kier molecular flexibility index (Phi) is 10.6. The predicted molar refractivity (Wildman–Crippen MR) is 160 cm³/mol. The van der Waals surface area contributed by atoms with Gasteiger partial charge in [0.25, 0.3) is 5.91 Å². The van der Waals surface area contributed by atoms with Crippen LogP contribution < -0.4 is 25.4 Å². The molecule has 12 heteroatoms. The van der Waals surface area contributed by atoms with Crippen molar-refractivity contribution in [3.05, 3.63) is 58.2 Å². The zero-order chi connectivity index (χ0) is 29.4. The average molecular weight is 585 g/mol. The summed E-state index contributed by atoms with van der Waals surface area (Å²) in [4.78, 5) is 23.4. The summed E-state index contributed by atoms with van der Waals surface area (Å²) in [6, 6.07) is 9.45. The zero-order valence-electron chi connectivity index (χ0n) is 24.0. The molecule has 4 rings (SSSR count). The summed E-state index contributed by atoms with van der Waals surface area (Å²) >= 11 is 6.44. The van der Waals surface area contributed by atoms with E-state index in [0.29, 0.717) is 52.8 Å². The quantitative estimate of drug-likeness (QED) is 0.287. The lowest BCUT2D eigenvalue weighted by Gasteiger charge is -2.29. The first-order chi connectivity index (χ1) is 19.9. The van der Waals surface area contributed by atoms with Crippen molar-refractivity contribution in [3.63, 3.8) is 0 Å². The normalized spacial score (nSPS) is 13.3. The molecule has 0 atom stereocenters. The van der Waals surface area contributed by atoms with Gasteiger partial charge in [-0.3, -0.25) is 9.69 Å². The van der Waals surface area contributed by atoms with E-state index >= 15 is 0 Å². The average Bonchev–Trinajstić information content (AvgIpc) is 3.20. The maximum atomic E-state index is 12.0. The Morgan fingerprint density at radius 3 is 2.24 bits per heavy atom. The van der Waals surface area contributed by atoms with Crippen molar-refractivity contribution in [2.75, 3.05) is 72.4 Å². The third-order valence-corrected chi connectivity index (χ3v) is 7.30. The van der Waals surface area contributed by atoms with Crippen LogP contribution in [0.3, 0.4) is 0 Å². The number of hydrogen-bond donors (Lipinski definition) is 3. The molecule has 1 aliphatic rings. The molecule has 2 heterocycles. The van der Waals surface area contributed by atoms with E-state index in [1.165, 1.54) is 24.4 Å². The molecule has 3 aromatic rings. The van der Waals surface area contributed by atoms with Gasteiger partial charge in [-0.25, -0.2) is 4.98 Å². The molecular formula is C29H37ClN6O5. The number of halogens is 1. The van der Waals surface area contributed by atoms with Gasteiger partial charge < -0.3 is 34.9 Å². The lowest BCUT2D eigenvalue weighted by atomic mass is 10.0. The number of nitrogens with one attached hydrogen (secondary N) is 3. The monoisotopic (exact) mass is 584 g/mol. The van der Waals surface area contributed by atoms with Gasteiger partial charge in [0.15, 0.2) is 5.82 Å². The maximum Gasteiger partial charge on any atom is 0.251 e. The lowest BCUT2D eigenvalue weighted by Crippen LogP contribution is -2.43. The summed E-state index contributed by atoms with van der Waals surface area (Å²) in [6.45, 7) is 3.04. The van der Waals surface area contributed by atoms with Crippen LogP contribution in [0.4, 0.5) is 23.1 Å². The van der Waals surface area contributed by atoms with Crippen LogP contribution in [0.2, 0.25) is 5.02 Å². The van der Waals surface area contributed by atoms with Gasteiger partial charge >= 0.3 is 0 Å². The Morgan fingerprint density at radius 1 is 0.951 bits per heavy atom. The Balaban J connectivity index is 1.55. The lowest BCUT2D eigenvalue weighted by molar-refractivity contribution is 0.0377. The number of benzene rings is 2. The summed E-state index contributed by atoms with van der Waals surface area (Å²) < 4.78 is 22.1. The SMILES string of the molecule is CNC(=O)c1ccc(Nc2nc(Nc3cc4c(cc3OC)CCN(C(COC)COC)CC4)ncc2Cl)c(OC)c1. The summed E-state index contributed by atoms with van der Waals surface area (Å²) in [7, 11) is 8.19. The van der Waals surface area contributed by atoms with Crippen LogP contribution in [-0.2, 0) is 22.3 Å². The molecule has 41 heavy (non-hydrogen) atoms. The van der Waals surface area contributed by atoms with Crippen LogP contribution in [0, 0.1) is 0 Å². The van der Waals surface area contributed by atoms with Crippen LogP contribution in [0.5, 0.6) is 11.5 Å². The van der Waals surface area contributed by atoms with Crippen molar-refractivity contribution in [1.29, 1.82) is 0 Å². The number of anilines is 4. The molecular weight excluding hydrogens is 548 g/mol. The van der Waals surface area contributed by atoms with Crippen molar-refractivity contribution in [1.82, 2.24) is 20.2 Å². The number of hydrogen-bond acceptors (Lipinski definition) is 10. The molecule has 0 bridgehead atoms. The standard InChI is InChI=1S/C29H37ClN6O5/c1-31-28(37)20-6-7-23(25(14-20)40-4)33-27-22(30)15-32-29(35-27)34-24-12-18-8-10-36(21(16-38-2)17-39-3)11-9-19(18)13-26(24)41-5/h6-7,12-15,21H,8-11,16-17H2,1-5H3,(H,31,37)(H2,32,33,34,35). The van der Waals surface area contributed by atoms with Crippen LogP contribution in [0.25, 0.3) is 0 Å². The molecule has 0 saturated heterocycles. The van der Waals surface area contributed by atoms with E-state index in [-0.39, 0.29) is 11.9 Å². The first-order valence-corrected chi connectivity index (χ1v) is 13.7. The number of fused-ring (bicyclic) bond motifs is 1. The van der Waals surface area contributed by atoms with Crippen LogP contribution in [0.15, 0.2) is 36.5 Å². The van der Waals surface area contributed by atoms with E-state index in [1.54, 1.807) is 46.6 Å². The van der Waals surface area contributed by atoms with E-state index in [9.17, 15) is 4.79 Å². The number of carbonyl (C=O) groups excluding carboxylic acids is 1. The molecule has 0 fully saturated rings. The van der Waals surface area contributed by atoms with E-state index < -0.39 is 0 Å². The molecule has 0 aliphatic carbocycles. The van der Waals surface area contributed by atoms with Gasteiger partial charge in [0, 0.05) is 39.9 Å². The van der Waals surface area contributed by atoms with Gasteiger partial charge in [-0.15, -0.1) is 0 Å². The summed E-state index contributed by atoms with van der Waals surface area (Å²) in [5, 5.41) is 9.41. The van der Waals surface area contributed by atoms with Crippen LogP contribution in [-0.4, -0.2) is 88.6 Å². The van der Waals surface area contributed by atoms with Crippen molar-refractivity contribution in [3.8, 4) is 11.5 Å². The number of amides is 1. The minimum Gasteiger partial charge on any atom is -0.495 e. The van der Waals surface area contributed by atoms with Gasteiger partial charge in [-0.05, 0) is 54.3 Å². The van der Waals surface area contributed by atoms with Gasteiger partial charge in [-0.1, -0.05) is 11.6 Å². The molecule has 0 spiro atoms. The fourth-order valence-corrected chi connectivity index (χ4v) is 5.03. The molecule has 0 unspecified atom stereocenters. The molecule has 220 valence electrons. The number of rotatable bonds is 12. The van der Waals surface area contributed by atoms with Gasteiger partial charge in [-0.2, -0.15) is 4.98 Å². The highest BCUT2D eigenvalue weighted by molar-refractivity contribution is 6.33. The topological polar surface area (TPSA) is 119 Å². The molecule has 1 amide bonds. The van der Waals surface area contributed by atoms with Crippen LogP contribution in [0.1, 0.15) is 21.5 Å². The molecule has 2 aromatic carbocycles. The number of ether oxygens (including phenoxy) is 4. The second-order valence-electron chi connectivity index (χ2n) is 9.56. The fraction of sp³-hybridized carbons (Fsp3) is 0.414. The first kappa shape index (κ1) is 30.3. The van der Waals surface area contributed by atoms with Gasteiger partial charge in [0.05, 0.1) is 51.0 Å². The largest absolute Gasteiger partial charge is 0.495 e. The highest BCUT2D eigenvalue weighted by atomic mass is 35.5. The Morgan fingerprint density at radius 2 is 1.61 bits per heavy atom. The molecule has 3 N–H and O–H groups in total. The third-order valence-electron chi connectivity index (χ3n) is 7.03. The predicted octanol–water partition coefficient (Wildman–Crippen LogP) is 4.06. The summed E-state index contributed by atoms with van der Waals surface area (Å²) in [5.41, 5.74) is 4.30. The molecule has 1 aromatic heterocycles. The van der Waals surface area contributed by atoms with Crippen molar-refractivity contribution in [2.45, 2.75) is 18.9 Å².